The zero-order valence-electron chi connectivity index (χ0n) is 12.6. The third-order valence-corrected chi connectivity index (χ3v) is 3.40. The van der Waals surface area contributed by atoms with Gasteiger partial charge in [-0.15, -0.1) is 0 Å². The summed E-state index contributed by atoms with van der Waals surface area (Å²) in [6.07, 6.45) is 14.6. The van der Waals surface area contributed by atoms with E-state index < -0.39 is 0 Å². The summed E-state index contributed by atoms with van der Waals surface area (Å²) < 4.78 is 5.22. The number of hydrogen-bond acceptors (Lipinski definition) is 3. The monoisotopic (exact) mass is 277 g/mol. The fourth-order valence-corrected chi connectivity index (χ4v) is 2.15. The molecule has 0 spiro atoms. The summed E-state index contributed by atoms with van der Waals surface area (Å²) in [6, 6.07) is 3.36. The standard InChI is InChI=1S/C17H27NO2/c1-2-3-4-5-6-7-8-9-10-15-20-17(19)16-11-13-18-14-12-16/h11-14H,2-10,15H2,1H3. The number of ether oxygens (including phenoxy) is 1. The SMILES string of the molecule is CCCCCCCCCCCOC(=O)c1ccncc1. The molecule has 0 bridgehead atoms. The molecule has 0 aliphatic heterocycles. The Labute approximate surface area is 122 Å². The Kier molecular flexibility index (Phi) is 9.54. The molecular formula is C17H27NO2. The molecule has 20 heavy (non-hydrogen) atoms. The van der Waals surface area contributed by atoms with E-state index in [1.165, 1.54) is 44.9 Å². The smallest absolute Gasteiger partial charge is 0.338 e. The van der Waals surface area contributed by atoms with Crippen LogP contribution in [0.5, 0.6) is 0 Å². The molecule has 3 nitrogen and oxygen atoms in total. The van der Waals surface area contributed by atoms with Crippen LogP contribution in [0.15, 0.2) is 24.5 Å². The van der Waals surface area contributed by atoms with Gasteiger partial charge in [0.2, 0.25) is 0 Å². The lowest BCUT2D eigenvalue weighted by Crippen LogP contribution is -2.06. The highest BCUT2D eigenvalue weighted by molar-refractivity contribution is 5.89. The van der Waals surface area contributed by atoms with Gasteiger partial charge >= 0.3 is 5.97 Å². The van der Waals surface area contributed by atoms with Crippen molar-refractivity contribution >= 4 is 5.97 Å². The Morgan fingerprint density at radius 1 is 0.950 bits per heavy atom. The van der Waals surface area contributed by atoms with Crippen molar-refractivity contribution in [3.63, 3.8) is 0 Å². The number of hydrogen-bond donors (Lipinski definition) is 0. The predicted octanol–water partition coefficient (Wildman–Crippen LogP) is 4.77. The van der Waals surface area contributed by atoms with Crippen LogP contribution in [0.1, 0.15) is 75.1 Å². The first-order valence-corrected chi connectivity index (χ1v) is 7.91. The molecule has 0 fully saturated rings. The quantitative estimate of drug-likeness (QED) is 0.432. The summed E-state index contributed by atoms with van der Waals surface area (Å²) in [4.78, 5) is 15.5. The van der Waals surface area contributed by atoms with Gasteiger partial charge in [0.15, 0.2) is 0 Å². The summed E-state index contributed by atoms with van der Waals surface area (Å²) in [5.41, 5.74) is 0.580. The number of esters is 1. The van der Waals surface area contributed by atoms with Crippen molar-refractivity contribution in [3.8, 4) is 0 Å². The van der Waals surface area contributed by atoms with Crippen molar-refractivity contribution < 1.29 is 9.53 Å². The van der Waals surface area contributed by atoms with E-state index in [1.807, 2.05) is 0 Å². The van der Waals surface area contributed by atoms with E-state index in [0.717, 1.165) is 12.8 Å². The van der Waals surface area contributed by atoms with Crippen molar-refractivity contribution in [1.82, 2.24) is 4.98 Å². The molecule has 0 aliphatic rings. The highest BCUT2D eigenvalue weighted by Crippen LogP contribution is 2.09. The predicted molar refractivity (Wildman–Crippen MR) is 81.7 cm³/mol. The van der Waals surface area contributed by atoms with Crippen LogP contribution in [0.25, 0.3) is 0 Å². The second-order valence-corrected chi connectivity index (χ2v) is 5.20. The molecule has 1 rings (SSSR count). The maximum atomic E-state index is 11.6. The molecular weight excluding hydrogens is 250 g/mol. The number of rotatable bonds is 11. The van der Waals surface area contributed by atoms with Crippen molar-refractivity contribution in [1.29, 1.82) is 0 Å². The summed E-state index contributed by atoms with van der Waals surface area (Å²) in [5, 5.41) is 0. The summed E-state index contributed by atoms with van der Waals surface area (Å²) in [6.45, 7) is 2.77. The van der Waals surface area contributed by atoms with Crippen LogP contribution in [0, 0.1) is 0 Å². The van der Waals surface area contributed by atoms with Gasteiger partial charge < -0.3 is 4.74 Å². The maximum Gasteiger partial charge on any atom is 0.338 e. The minimum absolute atomic E-state index is 0.244. The molecule has 1 aromatic rings. The van der Waals surface area contributed by atoms with Gasteiger partial charge in [0.1, 0.15) is 0 Å². The van der Waals surface area contributed by atoms with Crippen molar-refractivity contribution in [2.75, 3.05) is 6.61 Å². The number of pyridine rings is 1. The molecule has 0 atom stereocenters. The van der Waals surface area contributed by atoms with Gasteiger partial charge in [-0.2, -0.15) is 0 Å². The lowest BCUT2D eigenvalue weighted by atomic mass is 10.1. The number of unbranched alkanes of at least 4 members (excludes halogenated alkanes) is 8. The van der Waals surface area contributed by atoms with Gasteiger partial charge in [-0.3, -0.25) is 4.98 Å². The molecule has 1 heterocycles. The number of carbonyl (C=O) groups excluding carboxylic acids is 1. The van der Waals surface area contributed by atoms with E-state index in [9.17, 15) is 4.79 Å². The minimum atomic E-state index is -0.244. The number of aromatic nitrogens is 1. The summed E-state index contributed by atoms with van der Waals surface area (Å²) >= 11 is 0. The fraction of sp³-hybridized carbons (Fsp3) is 0.647. The van der Waals surface area contributed by atoms with Crippen LogP contribution in [0.3, 0.4) is 0 Å². The van der Waals surface area contributed by atoms with Crippen LogP contribution >= 0.6 is 0 Å². The molecule has 0 N–H and O–H groups in total. The summed E-state index contributed by atoms with van der Waals surface area (Å²) in [7, 11) is 0. The molecule has 0 saturated carbocycles. The largest absolute Gasteiger partial charge is 0.462 e. The van der Waals surface area contributed by atoms with Crippen LogP contribution in [-0.4, -0.2) is 17.6 Å². The zero-order chi connectivity index (χ0) is 14.5. The van der Waals surface area contributed by atoms with E-state index >= 15 is 0 Å². The average molecular weight is 277 g/mol. The first-order chi connectivity index (χ1) is 9.84. The number of nitrogens with zero attached hydrogens (tertiary/aromatic N) is 1. The Bertz CT molecular complexity index is 351. The molecule has 3 heteroatoms. The van der Waals surface area contributed by atoms with Gasteiger partial charge in [0, 0.05) is 12.4 Å². The number of carbonyl (C=O) groups is 1. The average Bonchev–Trinajstić information content (AvgIpc) is 2.50. The van der Waals surface area contributed by atoms with E-state index in [-0.39, 0.29) is 5.97 Å². The van der Waals surface area contributed by atoms with Crippen LogP contribution < -0.4 is 0 Å². The van der Waals surface area contributed by atoms with Gasteiger partial charge in [0.25, 0.3) is 0 Å². The Morgan fingerprint density at radius 2 is 1.50 bits per heavy atom. The van der Waals surface area contributed by atoms with Crippen LogP contribution in [0.4, 0.5) is 0 Å². The molecule has 0 aromatic carbocycles. The zero-order valence-corrected chi connectivity index (χ0v) is 12.6. The normalized spacial score (nSPS) is 10.4. The second kappa shape index (κ2) is 11.4. The lowest BCUT2D eigenvalue weighted by molar-refractivity contribution is 0.0497. The van der Waals surface area contributed by atoms with E-state index in [4.69, 9.17) is 4.74 Å². The molecule has 0 aliphatic carbocycles. The van der Waals surface area contributed by atoms with Crippen molar-refractivity contribution in [2.24, 2.45) is 0 Å². The first-order valence-electron chi connectivity index (χ1n) is 7.91. The van der Waals surface area contributed by atoms with E-state index in [2.05, 4.69) is 11.9 Å². The molecule has 0 radical (unpaired) electrons. The van der Waals surface area contributed by atoms with E-state index in [0.29, 0.717) is 12.2 Å². The molecule has 0 amide bonds. The molecule has 112 valence electrons. The van der Waals surface area contributed by atoms with Crippen LogP contribution in [-0.2, 0) is 4.74 Å². The third-order valence-electron chi connectivity index (χ3n) is 3.40. The lowest BCUT2D eigenvalue weighted by Gasteiger charge is -2.04. The molecule has 0 saturated heterocycles. The van der Waals surface area contributed by atoms with Crippen molar-refractivity contribution in [3.05, 3.63) is 30.1 Å². The Balaban J connectivity index is 1.91. The molecule has 0 unspecified atom stereocenters. The highest BCUT2D eigenvalue weighted by atomic mass is 16.5. The van der Waals surface area contributed by atoms with E-state index in [1.54, 1.807) is 24.5 Å². The molecule has 1 aromatic heterocycles. The topological polar surface area (TPSA) is 39.2 Å². The van der Waals surface area contributed by atoms with Gasteiger partial charge in [-0.25, -0.2) is 4.79 Å². The first kappa shape index (κ1) is 16.7. The Morgan fingerprint density at radius 3 is 2.10 bits per heavy atom. The van der Waals surface area contributed by atoms with Crippen LogP contribution in [0.2, 0.25) is 0 Å². The second-order valence-electron chi connectivity index (χ2n) is 5.20. The fourth-order valence-electron chi connectivity index (χ4n) is 2.15. The Hall–Kier alpha value is -1.38. The van der Waals surface area contributed by atoms with Crippen molar-refractivity contribution in [2.45, 2.75) is 64.7 Å². The van der Waals surface area contributed by atoms with Gasteiger partial charge in [-0.1, -0.05) is 58.3 Å². The minimum Gasteiger partial charge on any atom is -0.462 e. The maximum absolute atomic E-state index is 11.6. The third kappa shape index (κ3) is 7.93. The van der Waals surface area contributed by atoms with Gasteiger partial charge in [0.05, 0.1) is 12.2 Å². The summed E-state index contributed by atoms with van der Waals surface area (Å²) in [5.74, 6) is -0.244. The van der Waals surface area contributed by atoms with Gasteiger partial charge in [-0.05, 0) is 18.6 Å². The highest BCUT2D eigenvalue weighted by Gasteiger charge is 2.05.